The van der Waals surface area contributed by atoms with Gasteiger partial charge < -0.3 is 5.32 Å². The first kappa shape index (κ1) is 13.1. The highest BCUT2D eigenvalue weighted by Crippen LogP contribution is 2.18. The summed E-state index contributed by atoms with van der Waals surface area (Å²) in [4.78, 5) is 12.0. The van der Waals surface area contributed by atoms with Gasteiger partial charge in [0.05, 0.1) is 11.3 Å². The maximum Gasteiger partial charge on any atom is 0.256 e. The fourth-order valence-corrected chi connectivity index (χ4v) is 2.70. The van der Waals surface area contributed by atoms with Gasteiger partial charge in [-0.15, -0.1) is 0 Å². The van der Waals surface area contributed by atoms with E-state index in [9.17, 15) is 4.79 Å². The van der Waals surface area contributed by atoms with Crippen LogP contribution in [0.4, 0.5) is 0 Å². The smallest absolute Gasteiger partial charge is 0.256 e. The van der Waals surface area contributed by atoms with Gasteiger partial charge in [-0.25, -0.2) is 0 Å². The molecule has 0 aliphatic rings. The second-order valence-corrected chi connectivity index (χ2v) is 5.15. The fourth-order valence-electron chi connectivity index (χ4n) is 1.73. The second kappa shape index (κ2) is 5.54. The van der Waals surface area contributed by atoms with Gasteiger partial charge in [-0.1, -0.05) is 11.6 Å². The minimum atomic E-state index is -0.166. The summed E-state index contributed by atoms with van der Waals surface area (Å²) < 4.78 is 1.50. The number of thiophene rings is 1. The lowest BCUT2D eigenvalue weighted by Crippen LogP contribution is -2.26. The van der Waals surface area contributed by atoms with Crippen molar-refractivity contribution in [1.29, 1.82) is 0 Å². The Morgan fingerprint density at radius 1 is 1.61 bits per heavy atom. The van der Waals surface area contributed by atoms with Crippen molar-refractivity contribution in [3.8, 4) is 0 Å². The Labute approximate surface area is 115 Å². The first-order chi connectivity index (χ1) is 8.59. The normalized spacial score (nSPS) is 10.6. The first-order valence-electron chi connectivity index (χ1n) is 5.58. The molecule has 0 unspecified atom stereocenters. The Bertz CT molecular complexity index is 548. The van der Waals surface area contributed by atoms with Crippen molar-refractivity contribution < 1.29 is 4.79 Å². The number of aromatic nitrogens is 2. The van der Waals surface area contributed by atoms with E-state index in [0.717, 1.165) is 6.42 Å². The zero-order chi connectivity index (χ0) is 13.1. The maximum absolute atomic E-state index is 12.0. The number of halogens is 1. The molecule has 2 rings (SSSR count). The van der Waals surface area contributed by atoms with Crippen LogP contribution in [0.15, 0.2) is 16.8 Å². The summed E-state index contributed by atoms with van der Waals surface area (Å²) in [5.41, 5.74) is 2.34. The Hall–Kier alpha value is -1.33. The number of carbonyl (C=O) groups excluding carboxylic acids is 1. The summed E-state index contributed by atoms with van der Waals surface area (Å²) in [6.07, 6.45) is 0.826. The van der Waals surface area contributed by atoms with Crippen LogP contribution in [0.25, 0.3) is 0 Å². The molecule has 4 nitrogen and oxygen atoms in total. The minimum Gasteiger partial charge on any atom is -0.352 e. The van der Waals surface area contributed by atoms with Gasteiger partial charge in [0.15, 0.2) is 0 Å². The van der Waals surface area contributed by atoms with E-state index < -0.39 is 0 Å². The van der Waals surface area contributed by atoms with Crippen molar-refractivity contribution in [1.82, 2.24) is 15.1 Å². The van der Waals surface area contributed by atoms with Crippen LogP contribution >= 0.6 is 22.9 Å². The molecule has 0 atom stereocenters. The van der Waals surface area contributed by atoms with E-state index in [1.807, 2.05) is 5.38 Å². The van der Waals surface area contributed by atoms with Gasteiger partial charge in [0, 0.05) is 13.6 Å². The Morgan fingerprint density at radius 2 is 2.39 bits per heavy atom. The maximum atomic E-state index is 12.0. The fraction of sp³-hybridized carbons (Fsp3) is 0.333. The van der Waals surface area contributed by atoms with Crippen molar-refractivity contribution in [3.63, 3.8) is 0 Å². The third kappa shape index (κ3) is 2.73. The minimum absolute atomic E-state index is 0.166. The van der Waals surface area contributed by atoms with Gasteiger partial charge in [0.25, 0.3) is 5.91 Å². The monoisotopic (exact) mass is 283 g/mol. The highest BCUT2D eigenvalue weighted by molar-refractivity contribution is 7.07. The third-order valence-electron chi connectivity index (χ3n) is 2.66. The molecule has 0 fully saturated rings. The van der Waals surface area contributed by atoms with Crippen LogP contribution < -0.4 is 5.32 Å². The third-order valence-corrected chi connectivity index (χ3v) is 3.82. The summed E-state index contributed by atoms with van der Waals surface area (Å²) in [6.45, 7) is 2.37. The zero-order valence-electron chi connectivity index (χ0n) is 10.2. The SMILES string of the molecule is Cc1nn(C)c(Cl)c1C(=O)NCCc1ccsc1. The van der Waals surface area contributed by atoms with E-state index >= 15 is 0 Å². The van der Waals surface area contributed by atoms with Crippen LogP contribution in [0.5, 0.6) is 0 Å². The van der Waals surface area contributed by atoms with E-state index in [1.165, 1.54) is 10.2 Å². The van der Waals surface area contributed by atoms with Crippen LogP contribution in [-0.4, -0.2) is 22.2 Å². The van der Waals surface area contributed by atoms with Gasteiger partial charge in [-0.3, -0.25) is 9.48 Å². The van der Waals surface area contributed by atoms with Gasteiger partial charge in [0.2, 0.25) is 0 Å². The Balaban J connectivity index is 1.95. The lowest BCUT2D eigenvalue weighted by molar-refractivity contribution is 0.0953. The predicted molar refractivity (Wildman–Crippen MR) is 73.3 cm³/mol. The second-order valence-electron chi connectivity index (χ2n) is 4.01. The molecule has 2 aromatic rings. The molecule has 0 aliphatic heterocycles. The number of aryl methyl sites for hydroxylation is 2. The van der Waals surface area contributed by atoms with E-state index in [-0.39, 0.29) is 5.91 Å². The van der Waals surface area contributed by atoms with Crippen LogP contribution in [0.1, 0.15) is 21.6 Å². The number of nitrogens with zero attached hydrogens (tertiary/aromatic N) is 2. The molecule has 96 valence electrons. The van der Waals surface area contributed by atoms with Crippen LogP contribution in [0, 0.1) is 6.92 Å². The summed E-state index contributed by atoms with van der Waals surface area (Å²) in [5, 5.41) is 11.5. The van der Waals surface area contributed by atoms with E-state index in [0.29, 0.717) is 23.0 Å². The average molecular weight is 284 g/mol. The molecule has 0 spiro atoms. The van der Waals surface area contributed by atoms with Crippen molar-refractivity contribution in [2.75, 3.05) is 6.54 Å². The number of nitrogens with one attached hydrogen (secondary N) is 1. The summed E-state index contributed by atoms with van der Waals surface area (Å²) >= 11 is 7.68. The standard InChI is InChI=1S/C12H14ClN3OS/c1-8-10(11(13)16(2)15-8)12(17)14-5-3-9-4-6-18-7-9/h4,6-7H,3,5H2,1-2H3,(H,14,17). The molecule has 1 N–H and O–H groups in total. The van der Waals surface area contributed by atoms with Crippen molar-refractivity contribution in [2.24, 2.45) is 7.05 Å². The number of amides is 1. The molecule has 0 bridgehead atoms. The van der Waals surface area contributed by atoms with Gasteiger partial charge >= 0.3 is 0 Å². The topological polar surface area (TPSA) is 46.9 Å². The lowest BCUT2D eigenvalue weighted by atomic mass is 10.2. The summed E-state index contributed by atoms with van der Waals surface area (Å²) in [6, 6.07) is 2.05. The van der Waals surface area contributed by atoms with Crippen LogP contribution in [0.3, 0.4) is 0 Å². The van der Waals surface area contributed by atoms with Crippen LogP contribution in [0.2, 0.25) is 5.15 Å². The molecule has 1 amide bonds. The molecule has 6 heteroatoms. The zero-order valence-corrected chi connectivity index (χ0v) is 11.8. The van der Waals surface area contributed by atoms with E-state index in [2.05, 4.69) is 21.9 Å². The molecule has 2 aromatic heterocycles. The molecule has 0 radical (unpaired) electrons. The molecular weight excluding hydrogens is 270 g/mol. The molecular formula is C12H14ClN3OS. The molecule has 0 saturated carbocycles. The van der Waals surface area contributed by atoms with Crippen molar-refractivity contribution in [3.05, 3.63) is 38.8 Å². The molecule has 0 aliphatic carbocycles. The number of carbonyl (C=O) groups is 1. The first-order valence-corrected chi connectivity index (χ1v) is 6.90. The number of hydrogen-bond acceptors (Lipinski definition) is 3. The predicted octanol–water partition coefficient (Wildman–Crippen LogP) is 2.42. The van der Waals surface area contributed by atoms with Gasteiger partial charge in [0.1, 0.15) is 5.15 Å². The molecule has 18 heavy (non-hydrogen) atoms. The number of rotatable bonds is 4. The van der Waals surface area contributed by atoms with Crippen molar-refractivity contribution in [2.45, 2.75) is 13.3 Å². The highest BCUT2D eigenvalue weighted by Gasteiger charge is 2.18. The summed E-state index contributed by atoms with van der Waals surface area (Å²) in [5.74, 6) is -0.166. The average Bonchev–Trinajstić information content (AvgIpc) is 2.89. The number of hydrogen-bond donors (Lipinski definition) is 1. The van der Waals surface area contributed by atoms with Crippen LogP contribution in [-0.2, 0) is 13.5 Å². The molecule has 0 saturated heterocycles. The largest absolute Gasteiger partial charge is 0.352 e. The molecule has 0 aromatic carbocycles. The lowest BCUT2D eigenvalue weighted by Gasteiger charge is -2.04. The van der Waals surface area contributed by atoms with Gasteiger partial charge in [-0.05, 0) is 35.7 Å². The van der Waals surface area contributed by atoms with Crippen molar-refractivity contribution >= 4 is 28.8 Å². The molecule has 2 heterocycles. The Kier molecular flexibility index (Phi) is 4.04. The van der Waals surface area contributed by atoms with E-state index in [4.69, 9.17) is 11.6 Å². The highest BCUT2D eigenvalue weighted by atomic mass is 35.5. The van der Waals surface area contributed by atoms with E-state index in [1.54, 1.807) is 25.3 Å². The van der Waals surface area contributed by atoms with Gasteiger partial charge in [-0.2, -0.15) is 16.4 Å². The summed E-state index contributed by atoms with van der Waals surface area (Å²) in [7, 11) is 1.72. The quantitative estimate of drug-likeness (QED) is 0.937. The Morgan fingerprint density at radius 3 is 2.94 bits per heavy atom.